The van der Waals surface area contributed by atoms with Crippen molar-refractivity contribution in [2.45, 2.75) is 30.5 Å². The van der Waals surface area contributed by atoms with Crippen molar-refractivity contribution in [3.8, 4) is 0 Å². The molecule has 0 aromatic carbocycles. The molecule has 1 atom stereocenters. The molecule has 0 aliphatic carbocycles. The molecule has 3 N–H and O–H groups in total. The van der Waals surface area contributed by atoms with Gasteiger partial charge < -0.3 is 10.6 Å². The molecule has 0 saturated heterocycles. The van der Waals surface area contributed by atoms with Crippen LogP contribution in [0.1, 0.15) is 20.3 Å². The van der Waals surface area contributed by atoms with E-state index in [2.05, 4.69) is 4.72 Å². The Hall–Kier alpha value is -0.670. The maximum Gasteiger partial charge on any atom is 0.250 e. The summed E-state index contributed by atoms with van der Waals surface area (Å²) < 4.78 is 26.7. The van der Waals surface area contributed by atoms with E-state index in [1.807, 2.05) is 13.8 Å². The van der Waals surface area contributed by atoms with Gasteiger partial charge in [-0.25, -0.2) is 13.1 Å². The largest absolute Gasteiger partial charge is 0.345 e. The lowest BCUT2D eigenvalue weighted by Crippen LogP contribution is -2.40. The number of carbonyl (C=O) groups excluding carboxylic acids is 1. The van der Waals surface area contributed by atoms with Crippen LogP contribution in [0.5, 0.6) is 0 Å². The lowest BCUT2D eigenvalue weighted by atomic mass is 10.0. The Kier molecular flexibility index (Phi) is 7.27. The Morgan fingerprint density at radius 2 is 2.09 bits per heavy atom. The first-order chi connectivity index (χ1) is 10.1. The standard InChI is InChI=1S/C13H22ClN3O3S2/c1-9(2)10(15)6-7-17(3)12(18)8-16-22(19,20)13-5-4-11(14)21-13/h4-5,9-10,16H,6-8,15H2,1-3H3. The van der Waals surface area contributed by atoms with Gasteiger partial charge in [-0.2, -0.15) is 0 Å². The summed E-state index contributed by atoms with van der Waals surface area (Å²) in [5.74, 6) is 0.0350. The zero-order valence-electron chi connectivity index (χ0n) is 12.9. The molecular weight excluding hydrogens is 346 g/mol. The van der Waals surface area contributed by atoms with Gasteiger partial charge in [-0.05, 0) is 24.5 Å². The van der Waals surface area contributed by atoms with Crippen LogP contribution in [-0.4, -0.2) is 45.4 Å². The maximum atomic E-state index is 12.0. The summed E-state index contributed by atoms with van der Waals surface area (Å²) in [7, 11) is -2.07. The molecule has 126 valence electrons. The molecule has 1 aromatic rings. The highest BCUT2D eigenvalue weighted by Gasteiger charge is 2.19. The van der Waals surface area contributed by atoms with Crippen LogP contribution in [0, 0.1) is 5.92 Å². The van der Waals surface area contributed by atoms with E-state index in [0.29, 0.717) is 23.2 Å². The molecule has 1 amide bonds. The van der Waals surface area contributed by atoms with E-state index in [4.69, 9.17) is 17.3 Å². The molecule has 0 bridgehead atoms. The predicted octanol–water partition coefficient (Wildman–Crippen LogP) is 1.51. The topological polar surface area (TPSA) is 92.5 Å². The highest BCUT2D eigenvalue weighted by atomic mass is 35.5. The minimum Gasteiger partial charge on any atom is -0.345 e. The lowest BCUT2D eigenvalue weighted by molar-refractivity contribution is -0.128. The molecule has 0 aliphatic rings. The maximum absolute atomic E-state index is 12.0. The van der Waals surface area contributed by atoms with E-state index in [1.54, 1.807) is 7.05 Å². The fourth-order valence-electron chi connectivity index (χ4n) is 1.61. The van der Waals surface area contributed by atoms with Gasteiger partial charge in [0.1, 0.15) is 4.21 Å². The second-order valence-corrected chi connectivity index (χ2v) is 9.10. The molecule has 0 saturated carbocycles. The van der Waals surface area contributed by atoms with E-state index >= 15 is 0 Å². The number of carbonyl (C=O) groups is 1. The van der Waals surface area contributed by atoms with Gasteiger partial charge in [0.2, 0.25) is 5.91 Å². The van der Waals surface area contributed by atoms with Crippen molar-refractivity contribution in [1.82, 2.24) is 9.62 Å². The third-order valence-electron chi connectivity index (χ3n) is 3.31. The molecule has 0 spiro atoms. The number of likely N-dealkylation sites (N-methyl/N-ethyl adjacent to an activating group) is 1. The third-order valence-corrected chi connectivity index (χ3v) is 6.43. The molecule has 1 heterocycles. The number of amides is 1. The van der Waals surface area contributed by atoms with Gasteiger partial charge in [-0.15, -0.1) is 11.3 Å². The number of hydrogen-bond acceptors (Lipinski definition) is 5. The first kappa shape index (κ1) is 19.4. The van der Waals surface area contributed by atoms with E-state index in [0.717, 1.165) is 11.3 Å². The van der Waals surface area contributed by atoms with E-state index in [1.165, 1.54) is 17.0 Å². The van der Waals surface area contributed by atoms with Crippen molar-refractivity contribution >= 4 is 38.9 Å². The summed E-state index contributed by atoms with van der Waals surface area (Å²) in [6.07, 6.45) is 0.674. The number of halogens is 1. The average molecular weight is 368 g/mol. The first-order valence-corrected chi connectivity index (χ1v) is 9.56. The fourth-order valence-corrected chi connectivity index (χ4v) is 4.11. The minimum atomic E-state index is -3.70. The van der Waals surface area contributed by atoms with Crippen molar-refractivity contribution in [1.29, 1.82) is 0 Å². The summed E-state index contributed by atoms with van der Waals surface area (Å²) in [6, 6.07) is 2.92. The van der Waals surface area contributed by atoms with E-state index < -0.39 is 10.0 Å². The lowest BCUT2D eigenvalue weighted by Gasteiger charge is -2.21. The number of thiophene rings is 1. The van der Waals surface area contributed by atoms with Gasteiger partial charge >= 0.3 is 0 Å². The zero-order chi connectivity index (χ0) is 16.9. The van der Waals surface area contributed by atoms with Crippen LogP contribution in [0.3, 0.4) is 0 Å². The Balaban J connectivity index is 2.48. The number of nitrogens with one attached hydrogen (secondary N) is 1. The summed E-state index contributed by atoms with van der Waals surface area (Å²) >= 11 is 6.66. The average Bonchev–Trinajstić information content (AvgIpc) is 2.89. The van der Waals surface area contributed by atoms with Gasteiger partial charge in [-0.3, -0.25) is 4.79 Å². The number of nitrogens with two attached hydrogens (primary N) is 1. The first-order valence-electron chi connectivity index (χ1n) is 6.88. The monoisotopic (exact) mass is 367 g/mol. The van der Waals surface area contributed by atoms with Crippen LogP contribution in [0.15, 0.2) is 16.3 Å². The second-order valence-electron chi connectivity index (χ2n) is 5.39. The van der Waals surface area contributed by atoms with Crippen molar-refractivity contribution in [2.75, 3.05) is 20.1 Å². The van der Waals surface area contributed by atoms with Crippen LogP contribution in [0.2, 0.25) is 4.34 Å². The van der Waals surface area contributed by atoms with E-state index in [9.17, 15) is 13.2 Å². The molecule has 9 heteroatoms. The highest BCUT2D eigenvalue weighted by Crippen LogP contribution is 2.25. The Bertz CT molecular complexity index is 601. The van der Waals surface area contributed by atoms with Crippen LogP contribution >= 0.6 is 22.9 Å². The number of nitrogens with zero attached hydrogens (tertiary/aromatic N) is 1. The fraction of sp³-hybridized carbons (Fsp3) is 0.615. The summed E-state index contributed by atoms with van der Waals surface area (Å²) in [6.45, 7) is 4.25. The SMILES string of the molecule is CC(C)C(N)CCN(C)C(=O)CNS(=O)(=O)c1ccc(Cl)s1. The smallest absolute Gasteiger partial charge is 0.250 e. The zero-order valence-corrected chi connectivity index (χ0v) is 15.3. The number of sulfonamides is 1. The summed E-state index contributed by atoms with van der Waals surface area (Å²) in [5, 5.41) is 0. The third kappa shape index (κ3) is 5.85. The normalized spacial score (nSPS) is 13.4. The molecule has 0 radical (unpaired) electrons. The predicted molar refractivity (Wildman–Crippen MR) is 89.6 cm³/mol. The second kappa shape index (κ2) is 8.26. The van der Waals surface area contributed by atoms with Crippen LogP contribution in [0.4, 0.5) is 0 Å². The van der Waals surface area contributed by atoms with Gasteiger partial charge in [0.05, 0.1) is 10.9 Å². The molecule has 1 rings (SSSR count). The molecule has 1 unspecified atom stereocenters. The van der Waals surface area contributed by atoms with Gasteiger partial charge in [0, 0.05) is 19.6 Å². The Morgan fingerprint density at radius 1 is 1.45 bits per heavy atom. The molecule has 1 aromatic heterocycles. The Morgan fingerprint density at radius 3 is 2.59 bits per heavy atom. The van der Waals surface area contributed by atoms with Crippen LogP contribution < -0.4 is 10.5 Å². The number of rotatable bonds is 8. The minimum absolute atomic E-state index is 0.0141. The van der Waals surface area contributed by atoms with E-state index in [-0.39, 0.29) is 22.7 Å². The van der Waals surface area contributed by atoms with Crippen LogP contribution in [-0.2, 0) is 14.8 Å². The number of hydrogen-bond donors (Lipinski definition) is 2. The molecule has 6 nitrogen and oxygen atoms in total. The Labute approximate surface area is 140 Å². The van der Waals surface area contributed by atoms with Crippen molar-refractivity contribution in [3.05, 3.63) is 16.5 Å². The van der Waals surface area contributed by atoms with Crippen molar-refractivity contribution in [2.24, 2.45) is 11.7 Å². The van der Waals surface area contributed by atoms with Crippen LogP contribution in [0.25, 0.3) is 0 Å². The molecule has 22 heavy (non-hydrogen) atoms. The molecule has 0 fully saturated rings. The van der Waals surface area contributed by atoms with Gasteiger partial charge in [0.25, 0.3) is 10.0 Å². The molecule has 0 aliphatic heterocycles. The highest BCUT2D eigenvalue weighted by molar-refractivity contribution is 7.91. The van der Waals surface area contributed by atoms with Crippen molar-refractivity contribution in [3.63, 3.8) is 0 Å². The van der Waals surface area contributed by atoms with Crippen molar-refractivity contribution < 1.29 is 13.2 Å². The summed E-state index contributed by atoms with van der Waals surface area (Å²) in [4.78, 5) is 13.4. The van der Waals surface area contributed by atoms with Gasteiger partial charge in [-0.1, -0.05) is 25.4 Å². The van der Waals surface area contributed by atoms with Gasteiger partial charge in [0.15, 0.2) is 0 Å². The molecular formula is C13H22ClN3O3S2. The quantitative estimate of drug-likeness (QED) is 0.728. The summed E-state index contributed by atoms with van der Waals surface area (Å²) in [5.41, 5.74) is 5.93.